The summed E-state index contributed by atoms with van der Waals surface area (Å²) in [5.41, 5.74) is 0.131. The lowest BCUT2D eigenvalue weighted by Gasteiger charge is -2.22. The number of amides is 1. The first kappa shape index (κ1) is 17.3. The van der Waals surface area contributed by atoms with Gasteiger partial charge in [-0.25, -0.2) is 9.97 Å². The summed E-state index contributed by atoms with van der Waals surface area (Å²) >= 11 is 7.40. The molecule has 122 valence electrons. The van der Waals surface area contributed by atoms with Gasteiger partial charge in [-0.3, -0.25) is 9.69 Å². The molecule has 0 spiro atoms. The molecule has 1 N–H and O–H groups in total. The first-order valence-electron chi connectivity index (χ1n) is 7.28. The fourth-order valence-corrected chi connectivity index (χ4v) is 3.39. The van der Waals surface area contributed by atoms with Gasteiger partial charge in [0.25, 0.3) is 5.91 Å². The Morgan fingerprint density at radius 3 is 2.95 bits per heavy atom. The number of methoxy groups -OCH3 is 1. The van der Waals surface area contributed by atoms with E-state index >= 15 is 0 Å². The third kappa shape index (κ3) is 3.83. The van der Waals surface area contributed by atoms with E-state index in [2.05, 4.69) is 27.1 Å². The van der Waals surface area contributed by atoms with Crippen molar-refractivity contribution in [1.29, 1.82) is 0 Å². The van der Waals surface area contributed by atoms with Crippen molar-refractivity contribution in [2.75, 3.05) is 33.0 Å². The van der Waals surface area contributed by atoms with Crippen LogP contribution in [0.25, 0.3) is 0 Å². The maximum atomic E-state index is 12.4. The molecular formula is C14H21ClN4O2S. The van der Waals surface area contributed by atoms with Gasteiger partial charge in [0.05, 0.1) is 7.11 Å². The minimum Gasteiger partial charge on any atom is -0.479 e. The SMILES string of the molecule is CCN1CCCC1CNC(=O)c1nc(Cl)c(SC)nc1OC. The minimum atomic E-state index is -0.304. The van der Waals surface area contributed by atoms with Crippen molar-refractivity contribution < 1.29 is 9.53 Å². The Hall–Kier alpha value is -1.05. The van der Waals surface area contributed by atoms with Gasteiger partial charge in [-0.2, -0.15) is 0 Å². The number of nitrogens with zero attached hydrogens (tertiary/aromatic N) is 3. The number of thioether (sulfide) groups is 1. The fraction of sp³-hybridized carbons (Fsp3) is 0.643. The zero-order chi connectivity index (χ0) is 16.1. The van der Waals surface area contributed by atoms with Crippen molar-refractivity contribution in [3.05, 3.63) is 10.8 Å². The van der Waals surface area contributed by atoms with Crippen LogP contribution in [0.5, 0.6) is 5.88 Å². The highest BCUT2D eigenvalue weighted by Gasteiger charge is 2.25. The fourth-order valence-electron chi connectivity index (χ4n) is 2.64. The largest absolute Gasteiger partial charge is 0.479 e. The number of likely N-dealkylation sites (N-methyl/N-ethyl adjacent to an activating group) is 1. The quantitative estimate of drug-likeness (QED) is 0.797. The maximum Gasteiger partial charge on any atom is 0.275 e. The predicted molar refractivity (Wildman–Crippen MR) is 88.0 cm³/mol. The Bertz CT molecular complexity index is 544. The van der Waals surface area contributed by atoms with Gasteiger partial charge in [0.15, 0.2) is 10.8 Å². The molecule has 0 aromatic carbocycles. The summed E-state index contributed by atoms with van der Waals surface area (Å²) in [5.74, 6) is -0.105. The van der Waals surface area contributed by atoms with Gasteiger partial charge in [-0.15, -0.1) is 11.8 Å². The first-order chi connectivity index (χ1) is 10.6. The second-order valence-corrected chi connectivity index (χ2v) is 6.17. The molecule has 0 bridgehead atoms. The lowest BCUT2D eigenvalue weighted by molar-refractivity contribution is 0.0932. The molecule has 0 saturated carbocycles. The number of carbonyl (C=O) groups excluding carboxylic acids is 1. The number of aromatic nitrogens is 2. The van der Waals surface area contributed by atoms with E-state index in [-0.39, 0.29) is 22.6 Å². The number of nitrogens with one attached hydrogen (secondary N) is 1. The number of halogens is 1. The predicted octanol–water partition coefficient (Wildman–Crippen LogP) is 2.07. The van der Waals surface area contributed by atoms with Gasteiger partial charge in [0, 0.05) is 12.6 Å². The van der Waals surface area contributed by atoms with E-state index < -0.39 is 0 Å². The standard InChI is InChI=1S/C14H21ClN4O2S/c1-4-19-7-5-6-9(19)8-16-12(20)10-13(21-2)18-14(22-3)11(15)17-10/h9H,4-8H2,1-3H3,(H,16,20). The molecule has 1 amide bonds. The summed E-state index contributed by atoms with van der Waals surface area (Å²) in [6.07, 6.45) is 4.11. The molecule has 1 saturated heterocycles. The van der Waals surface area contributed by atoms with E-state index in [1.54, 1.807) is 0 Å². The highest BCUT2D eigenvalue weighted by molar-refractivity contribution is 7.98. The molecule has 1 aliphatic rings. The van der Waals surface area contributed by atoms with Gasteiger partial charge in [-0.05, 0) is 32.2 Å². The zero-order valence-corrected chi connectivity index (χ0v) is 14.6. The monoisotopic (exact) mass is 344 g/mol. The Morgan fingerprint density at radius 1 is 1.55 bits per heavy atom. The third-order valence-electron chi connectivity index (χ3n) is 3.80. The van der Waals surface area contributed by atoms with Gasteiger partial charge in [0.2, 0.25) is 5.88 Å². The summed E-state index contributed by atoms with van der Waals surface area (Å²) < 4.78 is 5.16. The van der Waals surface area contributed by atoms with Crippen molar-refractivity contribution >= 4 is 29.3 Å². The molecule has 6 nitrogen and oxygen atoms in total. The van der Waals surface area contributed by atoms with E-state index in [9.17, 15) is 4.79 Å². The van der Waals surface area contributed by atoms with Crippen LogP contribution < -0.4 is 10.1 Å². The topological polar surface area (TPSA) is 67.4 Å². The Balaban J connectivity index is 2.07. The molecule has 8 heteroatoms. The van der Waals surface area contributed by atoms with Crippen LogP contribution in [0.15, 0.2) is 5.03 Å². The van der Waals surface area contributed by atoms with Crippen LogP contribution in [0.3, 0.4) is 0 Å². The molecule has 22 heavy (non-hydrogen) atoms. The lowest BCUT2D eigenvalue weighted by Crippen LogP contribution is -2.40. The van der Waals surface area contributed by atoms with E-state index in [0.29, 0.717) is 17.6 Å². The maximum absolute atomic E-state index is 12.4. The van der Waals surface area contributed by atoms with Crippen LogP contribution in [-0.2, 0) is 0 Å². The van der Waals surface area contributed by atoms with Crippen molar-refractivity contribution in [2.45, 2.75) is 30.8 Å². The second kappa shape index (κ2) is 7.99. The van der Waals surface area contributed by atoms with Crippen LogP contribution >= 0.6 is 23.4 Å². The normalized spacial score (nSPS) is 18.5. The number of hydrogen-bond donors (Lipinski definition) is 1. The number of rotatable bonds is 6. The van der Waals surface area contributed by atoms with Gasteiger partial charge in [-0.1, -0.05) is 18.5 Å². The van der Waals surface area contributed by atoms with E-state index in [1.165, 1.54) is 25.3 Å². The molecule has 1 unspecified atom stereocenters. The molecule has 1 aromatic rings. The lowest BCUT2D eigenvalue weighted by atomic mass is 10.2. The van der Waals surface area contributed by atoms with Gasteiger partial charge >= 0.3 is 0 Å². The average molecular weight is 345 g/mol. The molecule has 1 aromatic heterocycles. The Kier molecular flexibility index (Phi) is 6.28. The van der Waals surface area contributed by atoms with E-state index in [4.69, 9.17) is 16.3 Å². The summed E-state index contributed by atoms with van der Waals surface area (Å²) in [6, 6.07) is 0.383. The Morgan fingerprint density at radius 2 is 2.32 bits per heavy atom. The van der Waals surface area contributed by atoms with Gasteiger partial charge in [0.1, 0.15) is 5.03 Å². The highest BCUT2D eigenvalue weighted by atomic mass is 35.5. The summed E-state index contributed by atoms with van der Waals surface area (Å²) in [4.78, 5) is 23.1. The second-order valence-electron chi connectivity index (χ2n) is 5.02. The Labute approximate surface area is 140 Å². The number of carbonyl (C=O) groups is 1. The van der Waals surface area contributed by atoms with E-state index in [1.807, 2.05) is 6.26 Å². The van der Waals surface area contributed by atoms with Gasteiger partial charge < -0.3 is 10.1 Å². The summed E-state index contributed by atoms with van der Waals surface area (Å²) in [5, 5.41) is 3.68. The average Bonchev–Trinajstić information content (AvgIpc) is 2.99. The van der Waals surface area contributed by atoms with E-state index in [0.717, 1.165) is 19.5 Å². The van der Waals surface area contributed by atoms with Crippen LogP contribution in [0.1, 0.15) is 30.3 Å². The molecule has 2 heterocycles. The smallest absolute Gasteiger partial charge is 0.275 e. The minimum absolute atomic E-state index is 0.131. The van der Waals surface area contributed by atoms with Crippen LogP contribution in [0.4, 0.5) is 0 Å². The van der Waals surface area contributed by atoms with Crippen LogP contribution in [0.2, 0.25) is 5.15 Å². The first-order valence-corrected chi connectivity index (χ1v) is 8.88. The zero-order valence-electron chi connectivity index (χ0n) is 13.1. The molecule has 2 rings (SSSR count). The molecule has 1 atom stereocenters. The highest BCUT2D eigenvalue weighted by Crippen LogP contribution is 2.26. The molecular weight excluding hydrogens is 324 g/mol. The number of likely N-dealkylation sites (tertiary alicyclic amines) is 1. The van der Waals surface area contributed by atoms with Crippen molar-refractivity contribution in [3.8, 4) is 5.88 Å². The third-order valence-corrected chi connectivity index (χ3v) is 4.84. The molecule has 0 aliphatic carbocycles. The molecule has 1 aliphatic heterocycles. The summed E-state index contributed by atoms with van der Waals surface area (Å²) in [7, 11) is 1.47. The van der Waals surface area contributed by atoms with Crippen molar-refractivity contribution in [3.63, 3.8) is 0 Å². The number of hydrogen-bond acceptors (Lipinski definition) is 6. The number of ether oxygens (including phenoxy) is 1. The van der Waals surface area contributed by atoms with Crippen LogP contribution in [-0.4, -0.2) is 59.8 Å². The molecule has 1 fully saturated rings. The summed E-state index contributed by atoms with van der Waals surface area (Å²) in [6.45, 7) is 4.82. The van der Waals surface area contributed by atoms with Crippen LogP contribution in [0, 0.1) is 0 Å². The molecule has 0 radical (unpaired) electrons. The van der Waals surface area contributed by atoms with Crippen molar-refractivity contribution in [2.24, 2.45) is 0 Å². The van der Waals surface area contributed by atoms with Crippen molar-refractivity contribution in [1.82, 2.24) is 20.2 Å².